The molecular weight excluding hydrogens is 184 g/mol. The maximum Gasteiger partial charge on any atom is 0.0253 e. The second-order valence-electron chi connectivity index (χ2n) is 5.03. The van der Waals surface area contributed by atoms with Gasteiger partial charge in [0.15, 0.2) is 0 Å². The molecule has 15 heavy (non-hydrogen) atoms. The fourth-order valence-corrected chi connectivity index (χ4v) is 3.46. The number of rotatable bonds is 4. The van der Waals surface area contributed by atoms with E-state index in [0.717, 1.165) is 24.7 Å². The van der Waals surface area contributed by atoms with Crippen molar-refractivity contribution in [3.8, 4) is 0 Å². The Labute approximate surface area is 93.7 Å². The van der Waals surface area contributed by atoms with Crippen molar-refractivity contribution in [1.29, 1.82) is 0 Å². The van der Waals surface area contributed by atoms with E-state index in [1.165, 1.54) is 25.7 Å². The first-order chi connectivity index (χ1) is 7.26. The fourth-order valence-electron chi connectivity index (χ4n) is 3.46. The summed E-state index contributed by atoms with van der Waals surface area (Å²) < 4.78 is 0. The maximum atomic E-state index is 3.93. The molecule has 0 radical (unpaired) electrons. The van der Waals surface area contributed by atoms with Crippen LogP contribution in [-0.4, -0.2) is 35.6 Å². The molecule has 2 fully saturated rings. The van der Waals surface area contributed by atoms with Gasteiger partial charge in [0.05, 0.1) is 0 Å². The summed E-state index contributed by atoms with van der Waals surface area (Å²) in [4.78, 5) is 2.70. The summed E-state index contributed by atoms with van der Waals surface area (Å²) in [6, 6.07) is 2.94. The molecule has 2 rings (SSSR count). The molecule has 0 spiro atoms. The molecule has 2 saturated heterocycles. The monoisotopic (exact) mass is 208 g/mol. The van der Waals surface area contributed by atoms with Crippen LogP contribution in [0.3, 0.4) is 0 Å². The quantitative estimate of drug-likeness (QED) is 0.712. The number of fused-ring (bicyclic) bond motifs is 2. The van der Waals surface area contributed by atoms with Gasteiger partial charge < -0.3 is 5.32 Å². The van der Waals surface area contributed by atoms with Crippen LogP contribution in [0.2, 0.25) is 0 Å². The van der Waals surface area contributed by atoms with Crippen molar-refractivity contribution in [3.63, 3.8) is 0 Å². The molecule has 86 valence electrons. The normalized spacial score (nSPS) is 37.9. The summed E-state index contributed by atoms with van der Waals surface area (Å²) in [6.07, 6.45) is 7.55. The third-order valence-corrected chi connectivity index (χ3v) is 4.09. The van der Waals surface area contributed by atoms with Gasteiger partial charge in [-0.15, -0.1) is 6.58 Å². The Morgan fingerprint density at radius 3 is 2.47 bits per heavy atom. The molecule has 0 aromatic rings. The first-order valence-corrected chi connectivity index (χ1v) is 6.39. The lowest BCUT2D eigenvalue weighted by Gasteiger charge is -2.41. The van der Waals surface area contributed by atoms with Crippen LogP contribution in [0.15, 0.2) is 12.7 Å². The molecule has 1 N–H and O–H groups in total. The maximum absolute atomic E-state index is 3.93. The second-order valence-corrected chi connectivity index (χ2v) is 5.03. The molecular formula is C13H24N2. The van der Waals surface area contributed by atoms with E-state index < -0.39 is 0 Å². The van der Waals surface area contributed by atoms with Crippen LogP contribution in [0.25, 0.3) is 0 Å². The van der Waals surface area contributed by atoms with Gasteiger partial charge in [0.1, 0.15) is 0 Å². The zero-order chi connectivity index (χ0) is 10.8. The Morgan fingerprint density at radius 2 is 2.00 bits per heavy atom. The predicted molar refractivity (Wildman–Crippen MR) is 65.0 cm³/mol. The van der Waals surface area contributed by atoms with Crippen molar-refractivity contribution in [2.45, 2.75) is 63.7 Å². The molecule has 3 atom stereocenters. The standard InChI is InChI=1S/C13H24N2/c1-4-10(3)15-12-6-7-13(15)9-11(8-12)14-5-2/h4,10-14H,1,5-9H2,2-3H3. The van der Waals surface area contributed by atoms with Crippen molar-refractivity contribution < 1.29 is 0 Å². The van der Waals surface area contributed by atoms with E-state index >= 15 is 0 Å². The summed E-state index contributed by atoms with van der Waals surface area (Å²) in [6.45, 7) is 9.54. The van der Waals surface area contributed by atoms with E-state index in [-0.39, 0.29) is 0 Å². The highest BCUT2D eigenvalue weighted by Crippen LogP contribution is 2.37. The van der Waals surface area contributed by atoms with Gasteiger partial charge in [0.2, 0.25) is 0 Å². The number of nitrogens with one attached hydrogen (secondary N) is 1. The molecule has 0 amide bonds. The largest absolute Gasteiger partial charge is 0.314 e. The van der Waals surface area contributed by atoms with Crippen molar-refractivity contribution >= 4 is 0 Å². The highest BCUT2D eigenvalue weighted by molar-refractivity contribution is 5.02. The van der Waals surface area contributed by atoms with Crippen LogP contribution < -0.4 is 5.32 Å². The zero-order valence-corrected chi connectivity index (χ0v) is 10.1. The third-order valence-electron chi connectivity index (χ3n) is 4.09. The van der Waals surface area contributed by atoms with Crippen LogP contribution in [0.4, 0.5) is 0 Å². The Balaban J connectivity index is 2.00. The van der Waals surface area contributed by atoms with E-state index in [9.17, 15) is 0 Å². The summed E-state index contributed by atoms with van der Waals surface area (Å²) in [5.74, 6) is 0. The van der Waals surface area contributed by atoms with Gasteiger partial charge in [-0.1, -0.05) is 13.0 Å². The van der Waals surface area contributed by atoms with Crippen LogP contribution in [-0.2, 0) is 0 Å². The van der Waals surface area contributed by atoms with Crippen LogP contribution in [0.1, 0.15) is 39.5 Å². The highest BCUT2D eigenvalue weighted by atomic mass is 15.2. The molecule has 0 aromatic carbocycles. The first kappa shape index (κ1) is 11.2. The SMILES string of the molecule is C=CC(C)N1C2CCC1CC(NCC)C2. The highest BCUT2D eigenvalue weighted by Gasteiger charge is 2.41. The van der Waals surface area contributed by atoms with Crippen molar-refractivity contribution in [2.75, 3.05) is 6.54 Å². The van der Waals surface area contributed by atoms with E-state index in [2.05, 4.69) is 36.7 Å². The molecule has 0 saturated carbocycles. The molecule has 0 aromatic heterocycles. The minimum Gasteiger partial charge on any atom is -0.314 e. The average Bonchev–Trinajstić information content (AvgIpc) is 2.50. The van der Waals surface area contributed by atoms with Crippen molar-refractivity contribution in [1.82, 2.24) is 10.2 Å². The third kappa shape index (κ3) is 2.11. The number of piperidine rings is 1. The van der Waals surface area contributed by atoms with E-state index in [0.29, 0.717) is 6.04 Å². The van der Waals surface area contributed by atoms with Crippen LogP contribution in [0.5, 0.6) is 0 Å². The summed E-state index contributed by atoms with van der Waals surface area (Å²) >= 11 is 0. The van der Waals surface area contributed by atoms with Gasteiger partial charge >= 0.3 is 0 Å². The van der Waals surface area contributed by atoms with E-state index in [4.69, 9.17) is 0 Å². The van der Waals surface area contributed by atoms with E-state index in [1.807, 2.05) is 0 Å². The Hall–Kier alpha value is -0.340. The molecule has 2 bridgehead atoms. The number of nitrogens with zero attached hydrogens (tertiary/aromatic N) is 1. The minimum atomic E-state index is 0.560. The molecule has 2 aliphatic rings. The lowest BCUT2D eigenvalue weighted by Crippen LogP contribution is -2.51. The Morgan fingerprint density at radius 1 is 1.40 bits per heavy atom. The Kier molecular flexibility index (Phi) is 3.47. The van der Waals surface area contributed by atoms with Gasteiger partial charge in [-0.25, -0.2) is 0 Å². The molecule has 2 heterocycles. The number of hydrogen-bond donors (Lipinski definition) is 1. The van der Waals surface area contributed by atoms with Crippen LogP contribution in [0, 0.1) is 0 Å². The van der Waals surface area contributed by atoms with Gasteiger partial charge in [-0.05, 0) is 39.2 Å². The van der Waals surface area contributed by atoms with Gasteiger partial charge in [-0.3, -0.25) is 4.90 Å². The average molecular weight is 208 g/mol. The van der Waals surface area contributed by atoms with Crippen LogP contribution >= 0.6 is 0 Å². The summed E-state index contributed by atoms with van der Waals surface area (Å²) in [5.41, 5.74) is 0. The summed E-state index contributed by atoms with van der Waals surface area (Å²) in [5, 5.41) is 3.61. The predicted octanol–water partition coefficient (Wildman–Crippen LogP) is 2.17. The molecule has 2 heteroatoms. The topological polar surface area (TPSA) is 15.3 Å². The minimum absolute atomic E-state index is 0.560. The molecule has 3 unspecified atom stereocenters. The lowest BCUT2D eigenvalue weighted by molar-refractivity contribution is 0.0967. The fraction of sp³-hybridized carbons (Fsp3) is 0.846. The van der Waals surface area contributed by atoms with E-state index in [1.54, 1.807) is 0 Å². The summed E-state index contributed by atoms with van der Waals surface area (Å²) in [7, 11) is 0. The Bertz CT molecular complexity index is 213. The number of hydrogen-bond acceptors (Lipinski definition) is 2. The first-order valence-electron chi connectivity index (χ1n) is 6.39. The van der Waals surface area contributed by atoms with Gasteiger partial charge in [-0.2, -0.15) is 0 Å². The molecule has 2 nitrogen and oxygen atoms in total. The smallest absolute Gasteiger partial charge is 0.0253 e. The molecule has 2 aliphatic heterocycles. The molecule has 0 aliphatic carbocycles. The van der Waals surface area contributed by atoms with Gasteiger partial charge in [0.25, 0.3) is 0 Å². The van der Waals surface area contributed by atoms with Gasteiger partial charge in [0, 0.05) is 24.2 Å². The lowest BCUT2D eigenvalue weighted by atomic mass is 9.95. The second kappa shape index (κ2) is 4.67. The zero-order valence-electron chi connectivity index (χ0n) is 10.1. The van der Waals surface area contributed by atoms with Crippen molar-refractivity contribution in [3.05, 3.63) is 12.7 Å². The van der Waals surface area contributed by atoms with Crippen molar-refractivity contribution in [2.24, 2.45) is 0 Å².